The molecular weight excluding hydrogens is 772 g/mol. The van der Waals surface area contributed by atoms with Gasteiger partial charge < -0.3 is 9.30 Å². The van der Waals surface area contributed by atoms with Crippen molar-refractivity contribution >= 4 is 21.8 Å². The molecular formula is C42H40N4OPt. The normalized spacial score (nSPS) is 12.2. The van der Waals surface area contributed by atoms with E-state index in [1.165, 1.54) is 16.5 Å². The van der Waals surface area contributed by atoms with Crippen molar-refractivity contribution in [2.24, 2.45) is 5.92 Å². The molecule has 0 bridgehead atoms. The van der Waals surface area contributed by atoms with Crippen LogP contribution in [0.4, 0.5) is 0 Å². The van der Waals surface area contributed by atoms with Crippen LogP contribution in [0.3, 0.4) is 0 Å². The summed E-state index contributed by atoms with van der Waals surface area (Å²) in [5.41, 5.74) is 9.76. The van der Waals surface area contributed by atoms with Gasteiger partial charge in [0.05, 0.1) is 5.69 Å². The monoisotopic (exact) mass is 811 g/mol. The topological polar surface area (TPSA) is 44.9 Å². The second-order valence-electron chi connectivity index (χ2n) is 13.2. The summed E-state index contributed by atoms with van der Waals surface area (Å²) < 4.78 is 10.6. The van der Waals surface area contributed by atoms with Gasteiger partial charge in [-0.05, 0) is 77.6 Å². The van der Waals surface area contributed by atoms with Crippen LogP contribution in [0.15, 0.2) is 97.2 Å². The smallest absolute Gasteiger partial charge is 0.509 e. The molecule has 4 aromatic carbocycles. The Balaban J connectivity index is 0.00000401. The summed E-state index contributed by atoms with van der Waals surface area (Å²) in [6, 6.07) is 38.6. The molecule has 0 aliphatic carbocycles. The van der Waals surface area contributed by atoms with Gasteiger partial charge in [0.15, 0.2) is 0 Å². The Morgan fingerprint density at radius 2 is 1.50 bits per heavy atom. The van der Waals surface area contributed by atoms with Crippen molar-refractivity contribution in [1.82, 2.24) is 19.3 Å². The first kappa shape index (κ1) is 33.4. The minimum Gasteiger partial charge on any atom is -0.509 e. The van der Waals surface area contributed by atoms with Gasteiger partial charge in [-0.2, -0.15) is 17.2 Å². The Labute approximate surface area is 297 Å². The van der Waals surface area contributed by atoms with E-state index in [1.54, 1.807) is 0 Å². The first-order valence-corrected chi connectivity index (χ1v) is 16.5. The van der Waals surface area contributed by atoms with Crippen LogP contribution in [0.25, 0.3) is 44.4 Å². The molecule has 0 radical (unpaired) electrons. The molecule has 48 heavy (non-hydrogen) atoms. The Bertz CT molecular complexity index is 2230. The Morgan fingerprint density at radius 3 is 2.25 bits per heavy atom. The average Bonchev–Trinajstić information content (AvgIpc) is 3.56. The maximum absolute atomic E-state index is 6.47. The van der Waals surface area contributed by atoms with Gasteiger partial charge in [-0.15, -0.1) is 35.7 Å². The van der Waals surface area contributed by atoms with Crippen LogP contribution < -0.4 is 4.74 Å². The zero-order valence-corrected chi connectivity index (χ0v) is 30.8. The number of ether oxygens (including phenoxy) is 1. The number of hydrogen-bond acceptors (Lipinski definition) is 3. The summed E-state index contributed by atoms with van der Waals surface area (Å²) in [6.07, 6.45) is 1.90. The Hall–Kier alpha value is -4.47. The minimum atomic E-state index is 0. The van der Waals surface area contributed by atoms with Gasteiger partial charge in [0.1, 0.15) is 5.82 Å². The molecule has 0 aliphatic heterocycles. The summed E-state index contributed by atoms with van der Waals surface area (Å²) in [4.78, 5) is 4.83. The molecule has 1 atom stereocenters. The first-order valence-electron chi connectivity index (χ1n) is 16.5. The van der Waals surface area contributed by atoms with Crippen molar-refractivity contribution in [2.45, 2.75) is 60.3 Å². The van der Waals surface area contributed by atoms with Gasteiger partial charge in [-0.3, -0.25) is 4.68 Å². The van der Waals surface area contributed by atoms with E-state index in [0.717, 1.165) is 50.4 Å². The fraction of sp³-hybridized carbons (Fsp3) is 0.238. The van der Waals surface area contributed by atoms with Gasteiger partial charge in [0.25, 0.3) is 0 Å². The van der Waals surface area contributed by atoms with Crippen LogP contribution in [-0.4, -0.2) is 19.3 Å². The van der Waals surface area contributed by atoms with E-state index in [0.29, 0.717) is 29.3 Å². The van der Waals surface area contributed by atoms with E-state index >= 15 is 0 Å². The summed E-state index contributed by atoms with van der Waals surface area (Å²) >= 11 is 0. The molecule has 0 aliphatic rings. The first-order chi connectivity index (χ1) is 22.7. The van der Waals surface area contributed by atoms with Crippen LogP contribution >= 0.6 is 0 Å². The SMILES string of the molecule is Cc1nn(-c2[c-]c(Oc3[c-]c4c(cc3)c3cc(C(C)C(C)C)ccc3n4-c3cc(C(C)C)ccn3)ccc2)c(C)c1-c1ccccc1.[Pt+2]. The van der Waals surface area contributed by atoms with E-state index in [-0.39, 0.29) is 21.1 Å². The second kappa shape index (κ2) is 13.6. The van der Waals surface area contributed by atoms with Crippen LogP contribution in [0.5, 0.6) is 11.5 Å². The summed E-state index contributed by atoms with van der Waals surface area (Å²) in [7, 11) is 0. The van der Waals surface area contributed by atoms with Gasteiger partial charge in [-0.25, -0.2) is 4.98 Å². The summed E-state index contributed by atoms with van der Waals surface area (Å²) in [5, 5.41) is 7.19. The zero-order chi connectivity index (χ0) is 32.8. The fourth-order valence-corrected chi connectivity index (χ4v) is 6.46. The van der Waals surface area contributed by atoms with Gasteiger partial charge in [0, 0.05) is 34.5 Å². The van der Waals surface area contributed by atoms with Crippen LogP contribution in [0, 0.1) is 31.9 Å². The van der Waals surface area contributed by atoms with Crippen LogP contribution in [-0.2, 0) is 21.1 Å². The second-order valence-corrected chi connectivity index (χ2v) is 13.2. The van der Waals surface area contributed by atoms with E-state index in [2.05, 4.69) is 119 Å². The van der Waals surface area contributed by atoms with Crippen molar-refractivity contribution in [3.8, 4) is 34.1 Å². The molecule has 3 aromatic heterocycles. The molecule has 6 heteroatoms. The molecule has 1 unspecified atom stereocenters. The maximum Gasteiger partial charge on any atom is 2.00 e. The minimum absolute atomic E-state index is 0. The molecule has 5 nitrogen and oxygen atoms in total. The number of benzene rings is 4. The van der Waals surface area contributed by atoms with E-state index < -0.39 is 0 Å². The van der Waals surface area contributed by atoms with E-state index in [4.69, 9.17) is 14.8 Å². The number of rotatable bonds is 8. The maximum atomic E-state index is 6.47. The quantitative estimate of drug-likeness (QED) is 0.144. The molecule has 7 rings (SSSR count). The molecule has 0 N–H and O–H groups in total. The van der Waals surface area contributed by atoms with Crippen molar-refractivity contribution in [2.75, 3.05) is 0 Å². The number of hydrogen-bond donors (Lipinski definition) is 0. The average molecular weight is 812 g/mol. The molecule has 0 fully saturated rings. The third-order valence-corrected chi connectivity index (χ3v) is 9.42. The van der Waals surface area contributed by atoms with Crippen molar-refractivity contribution < 1.29 is 25.8 Å². The molecule has 0 amide bonds. The van der Waals surface area contributed by atoms with Crippen LogP contribution in [0.2, 0.25) is 0 Å². The Morgan fingerprint density at radius 1 is 0.729 bits per heavy atom. The fourth-order valence-electron chi connectivity index (χ4n) is 6.46. The predicted octanol–water partition coefficient (Wildman–Crippen LogP) is 10.9. The van der Waals surface area contributed by atoms with E-state index in [1.807, 2.05) is 48.1 Å². The third-order valence-electron chi connectivity index (χ3n) is 9.42. The van der Waals surface area contributed by atoms with Gasteiger partial charge in [0.2, 0.25) is 0 Å². The van der Waals surface area contributed by atoms with Gasteiger partial charge in [-0.1, -0.05) is 82.6 Å². The number of pyridine rings is 1. The zero-order valence-electron chi connectivity index (χ0n) is 28.5. The molecule has 0 saturated heterocycles. The van der Waals surface area contributed by atoms with Crippen molar-refractivity contribution in [3.05, 3.63) is 132 Å². The molecule has 0 spiro atoms. The number of nitrogens with zero attached hydrogens (tertiary/aromatic N) is 4. The summed E-state index contributed by atoms with van der Waals surface area (Å²) in [6.45, 7) is 15.4. The number of aromatic nitrogens is 4. The van der Waals surface area contributed by atoms with Crippen molar-refractivity contribution in [1.29, 1.82) is 0 Å². The number of aryl methyl sites for hydroxylation is 1. The predicted molar refractivity (Wildman–Crippen MR) is 192 cm³/mol. The number of fused-ring (bicyclic) bond motifs is 3. The van der Waals surface area contributed by atoms with Crippen molar-refractivity contribution in [3.63, 3.8) is 0 Å². The largest absolute Gasteiger partial charge is 2.00 e. The van der Waals surface area contributed by atoms with Gasteiger partial charge >= 0.3 is 21.1 Å². The standard InChI is InChI=1S/C42H40N4O.Pt/c1-26(2)28(5)33-16-19-39-38(22-33)37-18-17-36(25-40(37)45(39)41-23-32(27(3)4)20-21-43-41)47-35-15-11-14-34(24-35)46-30(7)42(29(6)44-46)31-12-9-8-10-13-31;/h8-23,26-28H,1-7H3;/q-2;+2. The van der Waals surface area contributed by atoms with Crippen LogP contribution in [0.1, 0.15) is 69.0 Å². The summed E-state index contributed by atoms with van der Waals surface area (Å²) in [5.74, 6) is 3.47. The molecule has 3 heterocycles. The molecule has 7 aromatic rings. The molecule has 244 valence electrons. The third kappa shape index (κ3) is 6.13. The Kier molecular flexibility index (Phi) is 9.45. The molecule has 0 saturated carbocycles. The van der Waals surface area contributed by atoms with E-state index in [9.17, 15) is 0 Å².